The van der Waals surface area contributed by atoms with Crippen molar-refractivity contribution in [3.8, 4) is 0 Å². The van der Waals surface area contributed by atoms with Gasteiger partial charge in [-0.2, -0.15) is 23.3 Å². The zero-order chi connectivity index (χ0) is 29.3. The highest BCUT2D eigenvalue weighted by Gasteiger charge is 2.33. The molecule has 0 aromatic carbocycles. The summed E-state index contributed by atoms with van der Waals surface area (Å²) in [6, 6.07) is 1.56. The molecular formula is C27H32F3N9O2. The number of alkyl halides is 3. The van der Waals surface area contributed by atoms with E-state index in [0.29, 0.717) is 28.3 Å². The molecule has 3 aromatic heterocycles. The van der Waals surface area contributed by atoms with Crippen LogP contribution in [0.1, 0.15) is 61.5 Å². The summed E-state index contributed by atoms with van der Waals surface area (Å²) in [7, 11) is 1.77. The quantitative estimate of drug-likeness (QED) is 0.453. The number of fused-ring (bicyclic) bond motifs is 1. The maximum absolute atomic E-state index is 13.6. The molecule has 1 atom stereocenters. The number of rotatable bonds is 6. The standard InChI is InChI=1S/C27H32F3N9O2/c1-16-22-23(37(3)17(2)24(40)35-22)36-25(33-16)39(26(41)34-20-7-5-4-6-8-20)15-19-12-32-38(14-19)13-18-9-10-21(31-11-18)27(28,29)30/h9-12,14,17,20H,4-8,13,15H2,1-3H3,(H,34,41)(H,35,40)/t17-/m0/s1. The molecule has 1 aliphatic carbocycles. The van der Waals surface area contributed by atoms with Crippen molar-refractivity contribution in [2.75, 3.05) is 22.2 Å². The predicted molar refractivity (Wildman–Crippen MR) is 145 cm³/mol. The number of hydrogen-bond acceptors (Lipinski definition) is 7. The van der Waals surface area contributed by atoms with E-state index in [1.165, 1.54) is 17.2 Å². The van der Waals surface area contributed by atoms with Crippen molar-refractivity contribution in [1.82, 2.24) is 30.0 Å². The monoisotopic (exact) mass is 571 g/mol. The van der Waals surface area contributed by atoms with Gasteiger partial charge in [0.1, 0.15) is 17.4 Å². The molecule has 0 bridgehead atoms. The van der Waals surface area contributed by atoms with Crippen molar-refractivity contribution in [1.29, 1.82) is 0 Å². The number of carbonyl (C=O) groups excluding carboxylic acids is 2. The van der Waals surface area contributed by atoms with Gasteiger partial charge in [-0.1, -0.05) is 25.3 Å². The first-order valence-electron chi connectivity index (χ1n) is 13.5. The normalized spacial score (nSPS) is 17.7. The largest absolute Gasteiger partial charge is 0.433 e. The number of nitrogens with one attached hydrogen (secondary N) is 2. The van der Waals surface area contributed by atoms with E-state index in [0.717, 1.165) is 38.2 Å². The van der Waals surface area contributed by atoms with Crippen LogP contribution in [0.3, 0.4) is 0 Å². The third-order valence-corrected chi connectivity index (χ3v) is 7.51. The number of carbonyl (C=O) groups is 2. The molecule has 218 valence electrons. The lowest BCUT2D eigenvalue weighted by atomic mass is 9.96. The molecule has 1 aliphatic heterocycles. The number of halogens is 3. The van der Waals surface area contributed by atoms with Crippen molar-refractivity contribution in [2.24, 2.45) is 0 Å². The van der Waals surface area contributed by atoms with Crippen LogP contribution < -0.4 is 20.4 Å². The van der Waals surface area contributed by atoms with Gasteiger partial charge in [0.05, 0.1) is 25.0 Å². The molecule has 0 unspecified atom stereocenters. The lowest BCUT2D eigenvalue weighted by Gasteiger charge is -2.34. The molecule has 0 radical (unpaired) electrons. The Morgan fingerprint density at radius 2 is 1.90 bits per heavy atom. The van der Waals surface area contributed by atoms with Gasteiger partial charge in [-0.15, -0.1) is 0 Å². The smallest absolute Gasteiger partial charge is 0.346 e. The average Bonchev–Trinajstić information content (AvgIpc) is 3.38. The fourth-order valence-electron chi connectivity index (χ4n) is 5.02. The minimum Gasteiger partial charge on any atom is -0.346 e. The lowest BCUT2D eigenvalue weighted by Crippen LogP contribution is -2.47. The van der Waals surface area contributed by atoms with E-state index in [2.05, 4.69) is 25.7 Å². The molecule has 0 saturated heterocycles. The highest BCUT2D eigenvalue weighted by Crippen LogP contribution is 2.33. The van der Waals surface area contributed by atoms with Gasteiger partial charge in [0.15, 0.2) is 5.82 Å². The Balaban J connectivity index is 1.40. The first kappa shape index (κ1) is 28.3. The van der Waals surface area contributed by atoms with Crippen LogP contribution in [0.15, 0.2) is 30.7 Å². The first-order valence-corrected chi connectivity index (χ1v) is 13.5. The molecule has 1 saturated carbocycles. The number of anilines is 3. The van der Waals surface area contributed by atoms with Crippen molar-refractivity contribution in [3.63, 3.8) is 0 Å². The minimum absolute atomic E-state index is 0.0503. The summed E-state index contributed by atoms with van der Waals surface area (Å²) in [5.41, 5.74) is 1.30. The summed E-state index contributed by atoms with van der Waals surface area (Å²) in [6.07, 6.45) is 5.02. The van der Waals surface area contributed by atoms with Crippen molar-refractivity contribution < 1.29 is 22.8 Å². The summed E-state index contributed by atoms with van der Waals surface area (Å²) >= 11 is 0. The van der Waals surface area contributed by atoms with Crippen molar-refractivity contribution >= 4 is 29.4 Å². The molecule has 5 rings (SSSR count). The Morgan fingerprint density at radius 3 is 2.59 bits per heavy atom. The zero-order valence-electron chi connectivity index (χ0n) is 23.1. The lowest BCUT2D eigenvalue weighted by molar-refractivity contribution is -0.141. The van der Waals surface area contributed by atoms with Crippen LogP contribution in [-0.4, -0.2) is 55.8 Å². The zero-order valence-corrected chi connectivity index (χ0v) is 23.1. The summed E-state index contributed by atoms with van der Waals surface area (Å²) in [5, 5.41) is 10.3. The van der Waals surface area contributed by atoms with E-state index in [-0.39, 0.29) is 37.0 Å². The second kappa shape index (κ2) is 11.3. The molecule has 11 nitrogen and oxygen atoms in total. The SMILES string of the molecule is Cc1nc(N(Cc2cnn(Cc3ccc(C(F)(F)F)nc3)c2)C(=O)NC2CCCCC2)nc2c1NC(=O)[C@H](C)N2C. The van der Waals surface area contributed by atoms with Crippen LogP contribution in [0.4, 0.5) is 35.4 Å². The number of hydrogen-bond donors (Lipinski definition) is 2. The molecule has 1 fully saturated rings. The van der Waals surface area contributed by atoms with E-state index in [1.807, 2.05) is 0 Å². The van der Waals surface area contributed by atoms with Crippen molar-refractivity contribution in [2.45, 2.75) is 77.3 Å². The van der Waals surface area contributed by atoms with Gasteiger partial charge >= 0.3 is 12.2 Å². The van der Waals surface area contributed by atoms with Gasteiger partial charge in [-0.3, -0.25) is 19.4 Å². The topological polar surface area (TPSA) is 121 Å². The second-order valence-electron chi connectivity index (χ2n) is 10.5. The fraction of sp³-hybridized carbons (Fsp3) is 0.481. The Kier molecular flexibility index (Phi) is 7.82. The molecule has 3 amide bonds. The molecule has 41 heavy (non-hydrogen) atoms. The maximum Gasteiger partial charge on any atom is 0.433 e. The number of aryl methyl sites for hydroxylation is 1. The molecule has 4 heterocycles. The first-order chi connectivity index (χ1) is 19.5. The van der Waals surface area contributed by atoms with Gasteiger partial charge in [0, 0.05) is 31.0 Å². The van der Waals surface area contributed by atoms with Gasteiger partial charge in [0.25, 0.3) is 0 Å². The van der Waals surface area contributed by atoms with Crippen LogP contribution in [-0.2, 0) is 24.1 Å². The fourth-order valence-corrected chi connectivity index (χ4v) is 5.02. The number of likely N-dealkylation sites (N-methyl/N-ethyl adjacent to an activating group) is 1. The van der Waals surface area contributed by atoms with E-state index < -0.39 is 17.9 Å². The van der Waals surface area contributed by atoms with Crippen LogP contribution in [0.5, 0.6) is 0 Å². The van der Waals surface area contributed by atoms with E-state index >= 15 is 0 Å². The Bertz CT molecular complexity index is 1420. The molecule has 14 heteroatoms. The molecular weight excluding hydrogens is 539 g/mol. The Labute approximate surface area is 235 Å². The average molecular weight is 572 g/mol. The van der Waals surface area contributed by atoms with Crippen molar-refractivity contribution in [3.05, 3.63) is 53.2 Å². The van der Waals surface area contributed by atoms with E-state index in [9.17, 15) is 22.8 Å². The van der Waals surface area contributed by atoms with Crippen LogP contribution in [0, 0.1) is 6.92 Å². The third-order valence-electron chi connectivity index (χ3n) is 7.51. The number of amides is 3. The van der Waals surface area contributed by atoms with Gasteiger partial charge in [-0.25, -0.2) is 9.78 Å². The van der Waals surface area contributed by atoms with Gasteiger partial charge in [0.2, 0.25) is 11.9 Å². The summed E-state index contributed by atoms with van der Waals surface area (Å²) in [4.78, 5) is 42.0. The number of nitrogens with zero attached hydrogens (tertiary/aromatic N) is 7. The minimum atomic E-state index is -4.51. The van der Waals surface area contributed by atoms with Gasteiger partial charge < -0.3 is 15.5 Å². The highest BCUT2D eigenvalue weighted by molar-refractivity contribution is 6.03. The highest BCUT2D eigenvalue weighted by atomic mass is 19.4. The van der Waals surface area contributed by atoms with E-state index in [1.54, 1.807) is 42.9 Å². The number of pyridine rings is 1. The number of aromatic nitrogens is 5. The number of urea groups is 1. The Hall–Kier alpha value is -4.23. The summed E-state index contributed by atoms with van der Waals surface area (Å²) in [6.45, 7) is 3.83. The Morgan fingerprint density at radius 1 is 1.15 bits per heavy atom. The molecule has 2 aliphatic rings. The van der Waals surface area contributed by atoms with Gasteiger partial charge in [-0.05, 0) is 38.3 Å². The molecule has 3 aromatic rings. The predicted octanol–water partition coefficient (Wildman–Crippen LogP) is 4.27. The third kappa shape index (κ3) is 6.25. The van der Waals surface area contributed by atoms with E-state index in [4.69, 9.17) is 4.98 Å². The van der Waals surface area contributed by atoms with Crippen LogP contribution in [0.25, 0.3) is 0 Å². The van der Waals surface area contributed by atoms with Crippen LogP contribution >= 0.6 is 0 Å². The summed E-state index contributed by atoms with van der Waals surface area (Å²) < 4.78 is 40.1. The molecule has 2 N–H and O–H groups in total. The van der Waals surface area contributed by atoms with Crippen LogP contribution in [0.2, 0.25) is 0 Å². The summed E-state index contributed by atoms with van der Waals surface area (Å²) in [5.74, 6) is 0.534. The second-order valence-corrected chi connectivity index (χ2v) is 10.5. The molecule has 0 spiro atoms. The maximum atomic E-state index is 13.6.